The second kappa shape index (κ2) is 6.33. The van der Waals surface area contributed by atoms with Crippen LogP contribution in [0.4, 0.5) is 0 Å². The Balaban J connectivity index is 2.33. The molecule has 4 heteroatoms. The molecule has 18 heavy (non-hydrogen) atoms. The number of nitrogens with zero attached hydrogens (tertiary/aromatic N) is 2. The number of aliphatic hydroxyl groups excluding tert-OH is 1. The van der Waals surface area contributed by atoms with E-state index >= 15 is 0 Å². The molecule has 1 fully saturated rings. The molecule has 0 aromatic rings. The third kappa shape index (κ3) is 4.19. The molecule has 1 unspecified atom stereocenters. The first-order valence-corrected chi connectivity index (χ1v) is 7.06. The summed E-state index contributed by atoms with van der Waals surface area (Å²) in [6.07, 6.45) is 2.16. The minimum Gasteiger partial charge on any atom is -0.394 e. The van der Waals surface area contributed by atoms with E-state index in [2.05, 4.69) is 42.9 Å². The van der Waals surface area contributed by atoms with Gasteiger partial charge in [-0.1, -0.05) is 0 Å². The topological polar surface area (TPSA) is 38.7 Å². The summed E-state index contributed by atoms with van der Waals surface area (Å²) in [5.41, 5.74) is 0.156. The molecule has 0 amide bonds. The summed E-state index contributed by atoms with van der Waals surface area (Å²) in [7, 11) is 4.14. The molecule has 0 saturated carbocycles. The van der Waals surface area contributed by atoms with Crippen LogP contribution in [0.15, 0.2) is 0 Å². The van der Waals surface area contributed by atoms with E-state index in [9.17, 15) is 5.11 Å². The van der Waals surface area contributed by atoms with Gasteiger partial charge in [0.05, 0.1) is 6.61 Å². The highest BCUT2D eigenvalue weighted by molar-refractivity contribution is 4.88. The van der Waals surface area contributed by atoms with Gasteiger partial charge in [-0.3, -0.25) is 4.90 Å². The van der Waals surface area contributed by atoms with E-state index < -0.39 is 0 Å². The van der Waals surface area contributed by atoms with Gasteiger partial charge < -0.3 is 15.3 Å². The van der Waals surface area contributed by atoms with E-state index in [0.717, 1.165) is 39.0 Å². The van der Waals surface area contributed by atoms with Gasteiger partial charge in [-0.05, 0) is 54.3 Å². The largest absolute Gasteiger partial charge is 0.394 e. The highest BCUT2D eigenvalue weighted by atomic mass is 16.3. The van der Waals surface area contributed by atoms with Gasteiger partial charge in [0.1, 0.15) is 0 Å². The van der Waals surface area contributed by atoms with Crippen LogP contribution in [-0.2, 0) is 0 Å². The molecule has 1 aliphatic heterocycles. The zero-order chi connectivity index (χ0) is 13.8. The fourth-order valence-electron chi connectivity index (χ4n) is 2.51. The smallest absolute Gasteiger partial charge is 0.0610 e. The van der Waals surface area contributed by atoms with Crippen molar-refractivity contribution in [2.75, 3.05) is 46.9 Å². The lowest BCUT2D eigenvalue weighted by Crippen LogP contribution is -2.57. The Morgan fingerprint density at radius 3 is 2.50 bits per heavy atom. The summed E-state index contributed by atoms with van der Waals surface area (Å²) >= 11 is 0. The van der Waals surface area contributed by atoms with E-state index in [-0.39, 0.29) is 17.7 Å². The molecule has 1 rings (SSSR count). The Kier molecular flexibility index (Phi) is 5.59. The molecule has 0 bridgehead atoms. The van der Waals surface area contributed by atoms with E-state index in [0.29, 0.717) is 0 Å². The molecule has 108 valence electrons. The van der Waals surface area contributed by atoms with E-state index in [4.69, 9.17) is 0 Å². The van der Waals surface area contributed by atoms with Crippen molar-refractivity contribution in [1.82, 2.24) is 15.1 Å². The van der Waals surface area contributed by atoms with E-state index in [1.165, 1.54) is 0 Å². The van der Waals surface area contributed by atoms with Crippen LogP contribution in [-0.4, -0.2) is 72.9 Å². The van der Waals surface area contributed by atoms with Crippen LogP contribution >= 0.6 is 0 Å². The number of hydrogen-bond acceptors (Lipinski definition) is 4. The SMILES string of the molecule is CNC(C)(CO)CCCN1CCN(C)C(C)(C)C1. The third-order valence-electron chi connectivity index (χ3n) is 4.55. The Morgan fingerprint density at radius 1 is 1.33 bits per heavy atom. The predicted octanol–water partition coefficient (Wildman–Crippen LogP) is 0.763. The van der Waals surface area contributed by atoms with E-state index in [1.807, 2.05) is 7.05 Å². The minimum absolute atomic E-state index is 0.123. The number of nitrogens with one attached hydrogen (secondary N) is 1. The average Bonchev–Trinajstić information content (AvgIpc) is 2.33. The molecule has 0 aliphatic carbocycles. The van der Waals surface area contributed by atoms with Crippen LogP contribution in [0.5, 0.6) is 0 Å². The van der Waals surface area contributed by atoms with Crippen molar-refractivity contribution in [3.8, 4) is 0 Å². The average molecular weight is 257 g/mol. The van der Waals surface area contributed by atoms with Crippen molar-refractivity contribution in [2.24, 2.45) is 0 Å². The lowest BCUT2D eigenvalue weighted by Gasteiger charge is -2.45. The van der Waals surface area contributed by atoms with Gasteiger partial charge in [-0.15, -0.1) is 0 Å². The molecule has 1 aliphatic rings. The van der Waals surface area contributed by atoms with Gasteiger partial charge in [-0.2, -0.15) is 0 Å². The summed E-state index contributed by atoms with van der Waals surface area (Å²) in [6, 6.07) is 0. The number of likely N-dealkylation sites (N-methyl/N-ethyl adjacent to an activating group) is 2. The molecule has 0 spiro atoms. The second-order valence-corrected chi connectivity index (χ2v) is 6.58. The van der Waals surface area contributed by atoms with Gasteiger partial charge in [0, 0.05) is 30.7 Å². The summed E-state index contributed by atoms with van der Waals surface area (Å²) in [5.74, 6) is 0. The Labute approximate surface area is 112 Å². The quantitative estimate of drug-likeness (QED) is 0.737. The second-order valence-electron chi connectivity index (χ2n) is 6.58. The standard InChI is InChI=1S/C14H31N3O/c1-13(2)11-17(10-9-16(13)5)8-6-7-14(3,12-18)15-4/h15,18H,6-12H2,1-5H3. The molecule has 1 saturated heterocycles. The molecule has 2 N–H and O–H groups in total. The predicted molar refractivity (Wildman–Crippen MR) is 76.9 cm³/mol. The molecule has 0 aromatic carbocycles. The van der Waals surface area contributed by atoms with Crippen molar-refractivity contribution in [2.45, 2.75) is 44.7 Å². The third-order valence-corrected chi connectivity index (χ3v) is 4.55. The first-order chi connectivity index (χ1) is 8.33. The summed E-state index contributed by atoms with van der Waals surface area (Å²) in [5, 5.41) is 12.6. The monoisotopic (exact) mass is 257 g/mol. The normalized spacial score (nSPS) is 25.0. The summed E-state index contributed by atoms with van der Waals surface area (Å²) in [6.45, 7) is 11.5. The van der Waals surface area contributed by atoms with Crippen molar-refractivity contribution in [3.63, 3.8) is 0 Å². The van der Waals surface area contributed by atoms with Crippen LogP contribution in [0, 0.1) is 0 Å². The van der Waals surface area contributed by atoms with E-state index in [1.54, 1.807) is 0 Å². The number of hydrogen-bond donors (Lipinski definition) is 2. The van der Waals surface area contributed by atoms with Crippen LogP contribution < -0.4 is 5.32 Å². The Hall–Kier alpha value is -0.160. The fraction of sp³-hybridized carbons (Fsp3) is 1.00. The summed E-state index contributed by atoms with van der Waals surface area (Å²) < 4.78 is 0. The maximum Gasteiger partial charge on any atom is 0.0610 e. The Morgan fingerprint density at radius 2 is 2.00 bits per heavy atom. The van der Waals surface area contributed by atoms with Crippen molar-refractivity contribution >= 4 is 0 Å². The zero-order valence-corrected chi connectivity index (χ0v) is 12.8. The van der Waals surface area contributed by atoms with Crippen molar-refractivity contribution in [1.29, 1.82) is 0 Å². The van der Waals surface area contributed by atoms with Gasteiger partial charge >= 0.3 is 0 Å². The molecule has 0 aromatic heterocycles. The summed E-state index contributed by atoms with van der Waals surface area (Å²) in [4.78, 5) is 4.99. The van der Waals surface area contributed by atoms with Gasteiger partial charge in [0.25, 0.3) is 0 Å². The molecular weight excluding hydrogens is 226 g/mol. The van der Waals surface area contributed by atoms with Crippen LogP contribution in [0.1, 0.15) is 33.6 Å². The van der Waals surface area contributed by atoms with Gasteiger partial charge in [0.2, 0.25) is 0 Å². The lowest BCUT2D eigenvalue weighted by molar-refractivity contribution is 0.0375. The lowest BCUT2D eigenvalue weighted by atomic mass is 9.96. The zero-order valence-electron chi connectivity index (χ0n) is 12.8. The van der Waals surface area contributed by atoms with Crippen LogP contribution in [0.3, 0.4) is 0 Å². The highest BCUT2D eigenvalue weighted by Crippen LogP contribution is 2.20. The first kappa shape index (κ1) is 15.9. The van der Waals surface area contributed by atoms with Gasteiger partial charge in [0.15, 0.2) is 0 Å². The molecular formula is C14H31N3O. The first-order valence-electron chi connectivity index (χ1n) is 7.06. The number of rotatable bonds is 6. The van der Waals surface area contributed by atoms with Crippen molar-refractivity contribution in [3.05, 3.63) is 0 Å². The van der Waals surface area contributed by atoms with Crippen molar-refractivity contribution < 1.29 is 5.11 Å². The molecule has 0 radical (unpaired) electrons. The molecule has 1 atom stereocenters. The van der Waals surface area contributed by atoms with Crippen LogP contribution in [0.2, 0.25) is 0 Å². The maximum absolute atomic E-state index is 9.36. The number of piperazine rings is 1. The van der Waals surface area contributed by atoms with Gasteiger partial charge in [-0.25, -0.2) is 0 Å². The Bertz CT molecular complexity index is 251. The molecule has 1 heterocycles. The van der Waals surface area contributed by atoms with Crippen LogP contribution in [0.25, 0.3) is 0 Å². The number of aliphatic hydroxyl groups is 1. The maximum atomic E-state index is 9.36. The molecule has 4 nitrogen and oxygen atoms in total. The fourth-order valence-corrected chi connectivity index (χ4v) is 2.51. The highest BCUT2D eigenvalue weighted by Gasteiger charge is 2.31. The minimum atomic E-state index is -0.123.